The van der Waals surface area contributed by atoms with Gasteiger partial charge in [0.15, 0.2) is 11.6 Å². The predicted octanol–water partition coefficient (Wildman–Crippen LogP) is 1.89. The van der Waals surface area contributed by atoms with Gasteiger partial charge in [0.05, 0.1) is 7.11 Å². The quantitative estimate of drug-likeness (QED) is 0.870. The van der Waals surface area contributed by atoms with Gasteiger partial charge in [-0.05, 0) is 23.8 Å². The Morgan fingerprint density at radius 1 is 1.39 bits per heavy atom. The molecular formula is C13H13FN2O2. The number of hydrogen-bond acceptors (Lipinski definition) is 4. The molecule has 4 nitrogen and oxygen atoms in total. The molecular weight excluding hydrogens is 235 g/mol. The van der Waals surface area contributed by atoms with Crippen molar-refractivity contribution in [2.45, 2.75) is 6.10 Å². The highest BCUT2D eigenvalue weighted by Gasteiger charge is 2.15. The number of aliphatic hydroxyl groups is 1. The molecule has 2 rings (SSSR count). The van der Waals surface area contributed by atoms with Crippen LogP contribution in [0.3, 0.4) is 0 Å². The first-order chi connectivity index (χ1) is 8.63. The first-order valence-corrected chi connectivity index (χ1v) is 5.35. The summed E-state index contributed by atoms with van der Waals surface area (Å²) in [6, 6.07) is 7.50. The minimum absolute atomic E-state index is 0.0778. The van der Waals surface area contributed by atoms with E-state index in [2.05, 4.69) is 4.98 Å². The van der Waals surface area contributed by atoms with Crippen LogP contribution < -0.4 is 10.5 Å². The van der Waals surface area contributed by atoms with E-state index in [1.54, 1.807) is 12.1 Å². The number of nitrogens with two attached hydrogens (primary N) is 1. The number of ether oxygens (including phenoxy) is 1. The van der Waals surface area contributed by atoms with Gasteiger partial charge in [0.1, 0.15) is 11.9 Å². The van der Waals surface area contributed by atoms with E-state index >= 15 is 0 Å². The fourth-order valence-corrected chi connectivity index (χ4v) is 1.69. The molecule has 1 heterocycles. The average Bonchev–Trinajstić information content (AvgIpc) is 2.39. The molecule has 3 N–H and O–H groups in total. The standard InChI is InChI=1S/C13H13FN2O2/c1-18-11-7-8(4-5-10(11)14)12(17)9-3-2-6-16-13(9)15/h2-7,12,17H,1H3,(H2,15,16). The van der Waals surface area contributed by atoms with Gasteiger partial charge in [-0.3, -0.25) is 0 Å². The minimum Gasteiger partial charge on any atom is -0.494 e. The highest BCUT2D eigenvalue weighted by molar-refractivity contribution is 5.45. The average molecular weight is 248 g/mol. The molecule has 0 saturated carbocycles. The number of hydrogen-bond donors (Lipinski definition) is 2. The fourth-order valence-electron chi connectivity index (χ4n) is 1.69. The van der Waals surface area contributed by atoms with Crippen molar-refractivity contribution >= 4 is 5.82 Å². The zero-order valence-corrected chi connectivity index (χ0v) is 9.80. The van der Waals surface area contributed by atoms with Crippen LogP contribution in [0.1, 0.15) is 17.2 Å². The molecule has 0 radical (unpaired) electrons. The Morgan fingerprint density at radius 2 is 2.17 bits per heavy atom. The number of anilines is 1. The molecule has 0 aliphatic carbocycles. The lowest BCUT2D eigenvalue weighted by Crippen LogP contribution is -2.05. The van der Waals surface area contributed by atoms with E-state index in [1.165, 1.54) is 31.5 Å². The molecule has 0 saturated heterocycles. The molecule has 5 heteroatoms. The lowest BCUT2D eigenvalue weighted by Gasteiger charge is -2.14. The molecule has 18 heavy (non-hydrogen) atoms. The summed E-state index contributed by atoms with van der Waals surface area (Å²) in [6.45, 7) is 0. The van der Waals surface area contributed by atoms with Crippen LogP contribution in [-0.4, -0.2) is 17.2 Å². The largest absolute Gasteiger partial charge is 0.494 e. The van der Waals surface area contributed by atoms with Gasteiger partial charge in [-0.1, -0.05) is 12.1 Å². The van der Waals surface area contributed by atoms with Gasteiger partial charge in [0, 0.05) is 11.8 Å². The van der Waals surface area contributed by atoms with Crippen molar-refractivity contribution in [3.63, 3.8) is 0 Å². The van der Waals surface area contributed by atoms with Crippen LogP contribution in [0.4, 0.5) is 10.2 Å². The number of nitrogen functional groups attached to an aromatic ring is 1. The number of nitrogens with zero attached hydrogens (tertiary/aromatic N) is 1. The summed E-state index contributed by atoms with van der Waals surface area (Å²) < 4.78 is 18.1. The Morgan fingerprint density at radius 3 is 2.83 bits per heavy atom. The molecule has 1 unspecified atom stereocenters. The summed E-state index contributed by atoms with van der Waals surface area (Å²) >= 11 is 0. The molecule has 94 valence electrons. The summed E-state index contributed by atoms with van der Waals surface area (Å²) in [5.41, 5.74) is 6.65. The molecule has 2 aromatic rings. The molecule has 0 aliphatic rings. The van der Waals surface area contributed by atoms with Crippen LogP contribution in [0.25, 0.3) is 0 Å². The van der Waals surface area contributed by atoms with Crippen molar-refractivity contribution in [3.8, 4) is 5.75 Å². The van der Waals surface area contributed by atoms with E-state index in [4.69, 9.17) is 10.5 Å². The van der Waals surface area contributed by atoms with E-state index in [1.807, 2.05) is 0 Å². The predicted molar refractivity (Wildman–Crippen MR) is 65.7 cm³/mol. The Bertz CT molecular complexity index is 560. The first kappa shape index (κ1) is 12.3. The molecule has 0 bridgehead atoms. The topological polar surface area (TPSA) is 68.4 Å². The first-order valence-electron chi connectivity index (χ1n) is 5.35. The number of benzene rings is 1. The lowest BCUT2D eigenvalue weighted by atomic mass is 10.0. The smallest absolute Gasteiger partial charge is 0.165 e. The van der Waals surface area contributed by atoms with Crippen molar-refractivity contribution in [3.05, 3.63) is 53.5 Å². The van der Waals surface area contributed by atoms with Crippen LogP contribution in [-0.2, 0) is 0 Å². The van der Waals surface area contributed by atoms with E-state index < -0.39 is 11.9 Å². The third-order valence-electron chi connectivity index (χ3n) is 2.66. The van der Waals surface area contributed by atoms with Gasteiger partial charge >= 0.3 is 0 Å². The van der Waals surface area contributed by atoms with Crippen molar-refractivity contribution < 1.29 is 14.2 Å². The second-order valence-corrected chi connectivity index (χ2v) is 3.77. The van der Waals surface area contributed by atoms with Gasteiger partial charge in [0.25, 0.3) is 0 Å². The molecule has 0 fully saturated rings. The number of halogens is 1. The maximum absolute atomic E-state index is 13.3. The highest BCUT2D eigenvalue weighted by Crippen LogP contribution is 2.28. The van der Waals surface area contributed by atoms with Crippen molar-refractivity contribution in [1.82, 2.24) is 4.98 Å². The zero-order chi connectivity index (χ0) is 13.1. The van der Waals surface area contributed by atoms with E-state index in [0.717, 1.165) is 0 Å². The van der Waals surface area contributed by atoms with Crippen LogP contribution in [0.15, 0.2) is 36.5 Å². The fraction of sp³-hybridized carbons (Fsp3) is 0.154. The Hall–Kier alpha value is -2.14. The Labute approximate surface area is 104 Å². The maximum Gasteiger partial charge on any atom is 0.165 e. The third-order valence-corrected chi connectivity index (χ3v) is 2.66. The van der Waals surface area contributed by atoms with Crippen LogP contribution in [0.5, 0.6) is 5.75 Å². The van der Waals surface area contributed by atoms with Crippen LogP contribution in [0.2, 0.25) is 0 Å². The van der Waals surface area contributed by atoms with Crippen molar-refractivity contribution in [2.75, 3.05) is 12.8 Å². The molecule has 1 atom stereocenters. The molecule has 0 spiro atoms. The number of aromatic nitrogens is 1. The molecule has 1 aromatic carbocycles. The second-order valence-electron chi connectivity index (χ2n) is 3.77. The van der Waals surface area contributed by atoms with Crippen molar-refractivity contribution in [2.24, 2.45) is 0 Å². The van der Waals surface area contributed by atoms with Crippen LogP contribution >= 0.6 is 0 Å². The summed E-state index contributed by atoms with van der Waals surface area (Å²) in [7, 11) is 1.37. The Balaban J connectivity index is 2.40. The summed E-state index contributed by atoms with van der Waals surface area (Å²) in [5.74, 6) is -0.157. The lowest BCUT2D eigenvalue weighted by molar-refractivity contribution is 0.220. The zero-order valence-electron chi connectivity index (χ0n) is 9.80. The van der Waals surface area contributed by atoms with Crippen molar-refractivity contribution in [1.29, 1.82) is 0 Å². The monoisotopic (exact) mass is 248 g/mol. The van der Waals surface area contributed by atoms with E-state index in [9.17, 15) is 9.50 Å². The van der Waals surface area contributed by atoms with Gasteiger partial charge in [-0.25, -0.2) is 9.37 Å². The summed E-state index contributed by atoms with van der Waals surface area (Å²) in [5, 5.41) is 10.2. The number of aliphatic hydroxyl groups excluding tert-OH is 1. The molecule has 0 amide bonds. The number of methoxy groups -OCH3 is 1. The van der Waals surface area contributed by atoms with E-state index in [0.29, 0.717) is 11.1 Å². The SMILES string of the molecule is COc1cc(C(O)c2cccnc2N)ccc1F. The Kier molecular flexibility index (Phi) is 3.43. The normalized spacial score (nSPS) is 12.2. The van der Waals surface area contributed by atoms with Crippen LogP contribution in [0, 0.1) is 5.82 Å². The molecule has 0 aliphatic heterocycles. The summed E-state index contributed by atoms with van der Waals surface area (Å²) in [4.78, 5) is 3.90. The highest BCUT2D eigenvalue weighted by atomic mass is 19.1. The second kappa shape index (κ2) is 5.01. The maximum atomic E-state index is 13.3. The van der Waals surface area contributed by atoms with Gasteiger partial charge in [-0.2, -0.15) is 0 Å². The minimum atomic E-state index is -0.965. The number of pyridine rings is 1. The van der Waals surface area contributed by atoms with Gasteiger partial charge < -0.3 is 15.6 Å². The van der Waals surface area contributed by atoms with Gasteiger partial charge in [0.2, 0.25) is 0 Å². The van der Waals surface area contributed by atoms with E-state index in [-0.39, 0.29) is 11.6 Å². The summed E-state index contributed by atoms with van der Waals surface area (Å²) in [6.07, 6.45) is 0.574. The molecule has 1 aromatic heterocycles. The third kappa shape index (κ3) is 2.26. The number of rotatable bonds is 3. The van der Waals surface area contributed by atoms with Gasteiger partial charge in [-0.15, -0.1) is 0 Å².